The number of hydrogen-bond acceptors (Lipinski definition) is 5. The first-order chi connectivity index (χ1) is 10.6. The van der Waals surface area contributed by atoms with Gasteiger partial charge in [-0.05, 0) is 18.2 Å². The number of ketones is 2. The van der Waals surface area contributed by atoms with Crippen molar-refractivity contribution in [2.75, 3.05) is 7.11 Å². The first-order valence-electron chi connectivity index (χ1n) is 6.55. The number of carbonyl (C=O) groups is 2. The highest BCUT2D eigenvalue weighted by atomic mass is 32.2. The molecule has 0 saturated heterocycles. The molecule has 0 bridgehead atoms. The minimum Gasteiger partial charge on any atom is -0.507 e. The molecule has 3 rings (SSSR count). The summed E-state index contributed by atoms with van der Waals surface area (Å²) in [5.74, 6) is -0.203. The topological polar surface area (TPSA) is 63.6 Å². The fourth-order valence-corrected chi connectivity index (χ4v) is 3.26. The minimum atomic E-state index is -0.358. The van der Waals surface area contributed by atoms with Crippen LogP contribution < -0.4 is 4.74 Å². The van der Waals surface area contributed by atoms with Crippen LogP contribution in [-0.4, -0.2) is 23.8 Å². The molecule has 0 aromatic heterocycles. The van der Waals surface area contributed by atoms with E-state index in [0.29, 0.717) is 5.75 Å². The van der Waals surface area contributed by atoms with Gasteiger partial charge in [-0.1, -0.05) is 36.0 Å². The molecular formula is C17H12O4S. The van der Waals surface area contributed by atoms with Crippen LogP contribution in [0.5, 0.6) is 11.5 Å². The molecule has 22 heavy (non-hydrogen) atoms. The lowest BCUT2D eigenvalue weighted by atomic mass is 9.94. The largest absolute Gasteiger partial charge is 0.507 e. The van der Waals surface area contributed by atoms with Gasteiger partial charge in [0, 0.05) is 11.6 Å². The van der Waals surface area contributed by atoms with Crippen LogP contribution in [0.25, 0.3) is 0 Å². The van der Waals surface area contributed by atoms with E-state index in [2.05, 4.69) is 0 Å². The third-order valence-electron chi connectivity index (χ3n) is 3.31. The number of rotatable bonds is 3. The number of benzene rings is 2. The molecule has 110 valence electrons. The van der Waals surface area contributed by atoms with Gasteiger partial charge < -0.3 is 9.84 Å². The molecular weight excluding hydrogens is 300 g/mol. The smallest absolute Gasteiger partial charge is 0.204 e. The van der Waals surface area contributed by atoms with Crippen molar-refractivity contribution in [1.29, 1.82) is 0 Å². The SMILES string of the molecule is COc1ccccc1SC1=CC(=O)c2cccc(O)c2C1=O. The van der Waals surface area contributed by atoms with Gasteiger partial charge in [0.25, 0.3) is 0 Å². The second-order valence-corrected chi connectivity index (χ2v) is 5.74. The van der Waals surface area contributed by atoms with Crippen molar-refractivity contribution < 1.29 is 19.4 Å². The number of para-hydroxylation sites is 1. The molecule has 0 amide bonds. The Balaban J connectivity index is 2.01. The van der Waals surface area contributed by atoms with Crippen molar-refractivity contribution in [1.82, 2.24) is 0 Å². The predicted molar refractivity (Wildman–Crippen MR) is 83.7 cm³/mol. The van der Waals surface area contributed by atoms with Crippen LogP contribution in [0, 0.1) is 0 Å². The maximum Gasteiger partial charge on any atom is 0.204 e. The first-order valence-corrected chi connectivity index (χ1v) is 7.37. The van der Waals surface area contributed by atoms with Crippen LogP contribution in [0.4, 0.5) is 0 Å². The van der Waals surface area contributed by atoms with E-state index in [4.69, 9.17) is 4.74 Å². The van der Waals surface area contributed by atoms with Crippen LogP contribution in [0.2, 0.25) is 0 Å². The minimum absolute atomic E-state index is 0.0624. The molecule has 1 aliphatic carbocycles. The zero-order valence-electron chi connectivity index (χ0n) is 11.7. The fraction of sp³-hybridized carbons (Fsp3) is 0.0588. The molecule has 0 spiro atoms. The fourth-order valence-electron chi connectivity index (χ4n) is 2.27. The number of phenols is 1. The zero-order chi connectivity index (χ0) is 15.7. The highest BCUT2D eigenvalue weighted by Gasteiger charge is 2.29. The number of thioether (sulfide) groups is 1. The number of allylic oxidation sites excluding steroid dienone is 2. The summed E-state index contributed by atoms with van der Waals surface area (Å²) in [6.45, 7) is 0. The lowest BCUT2D eigenvalue weighted by Gasteiger charge is -2.16. The molecule has 0 fully saturated rings. The summed E-state index contributed by atoms with van der Waals surface area (Å²) >= 11 is 1.15. The quantitative estimate of drug-likeness (QED) is 0.940. The van der Waals surface area contributed by atoms with E-state index in [1.807, 2.05) is 18.2 Å². The third kappa shape index (κ3) is 2.40. The maximum atomic E-state index is 12.5. The zero-order valence-corrected chi connectivity index (χ0v) is 12.5. The Kier molecular flexibility index (Phi) is 3.73. The van der Waals surface area contributed by atoms with Gasteiger partial charge >= 0.3 is 0 Å². The highest BCUT2D eigenvalue weighted by Crippen LogP contribution is 2.39. The molecule has 2 aromatic rings. The Bertz CT molecular complexity index is 808. The van der Waals surface area contributed by atoms with Gasteiger partial charge in [0.05, 0.1) is 22.5 Å². The molecule has 1 N–H and O–H groups in total. The van der Waals surface area contributed by atoms with Gasteiger partial charge in [-0.2, -0.15) is 0 Å². The number of phenolic OH excluding ortho intramolecular Hbond substituents is 1. The van der Waals surface area contributed by atoms with Gasteiger partial charge in [0.2, 0.25) is 5.78 Å². The Morgan fingerprint density at radius 3 is 2.59 bits per heavy atom. The van der Waals surface area contributed by atoms with E-state index in [1.165, 1.54) is 18.2 Å². The van der Waals surface area contributed by atoms with Gasteiger partial charge in [-0.25, -0.2) is 0 Å². The summed E-state index contributed by atoms with van der Waals surface area (Å²) in [7, 11) is 1.54. The van der Waals surface area contributed by atoms with Crippen LogP contribution in [0.1, 0.15) is 20.7 Å². The molecule has 1 aliphatic rings. The van der Waals surface area contributed by atoms with E-state index in [0.717, 1.165) is 16.7 Å². The van der Waals surface area contributed by atoms with Crippen LogP contribution in [-0.2, 0) is 0 Å². The van der Waals surface area contributed by atoms with E-state index >= 15 is 0 Å². The van der Waals surface area contributed by atoms with Gasteiger partial charge in [-0.15, -0.1) is 0 Å². The molecule has 0 saturated carbocycles. The number of fused-ring (bicyclic) bond motifs is 1. The van der Waals surface area contributed by atoms with Gasteiger partial charge in [-0.3, -0.25) is 9.59 Å². The number of Topliss-reactive ketones (excluding diaryl/α,β-unsaturated/α-hetero) is 1. The Morgan fingerprint density at radius 2 is 1.82 bits per heavy atom. The Morgan fingerprint density at radius 1 is 1.05 bits per heavy atom. The van der Waals surface area contributed by atoms with Crippen LogP contribution >= 0.6 is 11.8 Å². The summed E-state index contributed by atoms with van der Waals surface area (Å²) in [5.41, 5.74) is 0.293. The monoisotopic (exact) mass is 312 g/mol. The van der Waals surface area contributed by atoms with E-state index < -0.39 is 0 Å². The van der Waals surface area contributed by atoms with E-state index in [1.54, 1.807) is 19.2 Å². The lowest BCUT2D eigenvalue weighted by molar-refractivity contribution is 0.0988. The molecule has 0 heterocycles. The maximum absolute atomic E-state index is 12.5. The molecule has 5 heteroatoms. The number of aromatic hydroxyl groups is 1. The standard InChI is InChI=1S/C17H12O4S/c1-21-13-7-2-3-8-14(13)22-15-9-12(19)10-5-4-6-11(18)16(10)17(15)20/h2-9,18H,1H3. The highest BCUT2D eigenvalue weighted by molar-refractivity contribution is 8.04. The summed E-state index contributed by atoms with van der Waals surface area (Å²) in [5, 5.41) is 9.89. The third-order valence-corrected chi connectivity index (χ3v) is 4.39. The van der Waals surface area contributed by atoms with Gasteiger partial charge in [0.1, 0.15) is 11.5 Å². The number of methoxy groups -OCH3 is 1. The number of carbonyl (C=O) groups excluding carboxylic acids is 2. The molecule has 0 radical (unpaired) electrons. The Hall–Kier alpha value is -2.53. The van der Waals surface area contributed by atoms with Crippen molar-refractivity contribution in [3.05, 3.63) is 64.6 Å². The number of hydrogen-bond donors (Lipinski definition) is 1. The van der Waals surface area contributed by atoms with Crippen molar-refractivity contribution in [2.24, 2.45) is 0 Å². The summed E-state index contributed by atoms with van der Waals surface area (Å²) < 4.78 is 5.25. The Labute approximate surface area is 131 Å². The average Bonchev–Trinajstić information content (AvgIpc) is 2.52. The summed E-state index contributed by atoms with van der Waals surface area (Å²) in [6.07, 6.45) is 1.31. The lowest BCUT2D eigenvalue weighted by Crippen LogP contribution is -2.15. The van der Waals surface area contributed by atoms with E-state index in [-0.39, 0.29) is 33.3 Å². The second-order valence-electron chi connectivity index (χ2n) is 4.65. The van der Waals surface area contributed by atoms with E-state index in [9.17, 15) is 14.7 Å². The van der Waals surface area contributed by atoms with Crippen LogP contribution in [0.3, 0.4) is 0 Å². The van der Waals surface area contributed by atoms with Crippen molar-refractivity contribution in [3.8, 4) is 11.5 Å². The first kappa shape index (κ1) is 14.4. The number of ether oxygens (including phenoxy) is 1. The summed E-state index contributed by atoms with van der Waals surface area (Å²) in [6, 6.07) is 11.7. The normalized spacial score (nSPS) is 13.6. The molecule has 0 atom stereocenters. The molecule has 0 unspecified atom stereocenters. The molecule has 2 aromatic carbocycles. The summed E-state index contributed by atoms with van der Waals surface area (Å²) in [4.78, 5) is 25.7. The van der Waals surface area contributed by atoms with Crippen molar-refractivity contribution in [2.45, 2.75) is 4.90 Å². The van der Waals surface area contributed by atoms with Gasteiger partial charge in [0.15, 0.2) is 5.78 Å². The molecule has 4 nitrogen and oxygen atoms in total. The van der Waals surface area contributed by atoms with Crippen LogP contribution in [0.15, 0.2) is 58.3 Å². The second kappa shape index (κ2) is 5.69. The average molecular weight is 312 g/mol. The predicted octanol–water partition coefficient (Wildman–Crippen LogP) is 3.46. The molecule has 0 aliphatic heterocycles. The van der Waals surface area contributed by atoms with Crippen molar-refractivity contribution in [3.63, 3.8) is 0 Å². The van der Waals surface area contributed by atoms with Crippen molar-refractivity contribution >= 4 is 23.3 Å².